The summed E-state index contributed by atoms with van der Waals surface area (Å²) in [7, 11) is -0.899. The molecule has 0 bridgehead atoms. The van der Waals surface area contributed by atoms with E-state index in [1.54, 1.807) is 42.5 Å². The second-order valence-corrected chi connectivity index (χ2v) is 9.05. The van der Waals surface area contributed by atoms with Gasteiger partial charge in [0.2, 0.25) is 0 Å². The molecule has 1 heterocycles. The maximum Gasteiger partial charge on any atom is 0.262 e. The normalized spacial score (nSPS) is 12.9. The van der Waals surface area contributed by atoms with E-state index >= 15 is 0 Å². The molecule has 1 aliphatic heterocycles. The highest BCUT2D eigenvalue weighted by atomic mass is 32.2. The zero-order chi connectivity index (χ0) is 24.1. The minimum Gasteiger partial charge on any atom is -0.493 e. The van der Waals surface area contributed by atoms with Gasteiger partial charge in [-0.05, 0) is 42.5 Å². The van der Waals surface area contributed by atoms with Crippen LogP contribution in [0, 0.1) is 0 Å². The molecule has 34 heavy (non-hydrogen) atoms. The lowest BCUT2D eigenvalue weighted by atomic mass is 10.2. The van der Waals surface area contributed by atoms with Crippen LogP contribution in [0.25, 0.3) is 0 Å². The van der Waals surface area contributed by atoms with E-state index in [2.05, 4.69) is 10.0 Å². The quantitative estimate of drug-likeness (QED) is 0.523. The van der Waals surface area contributed by atoms with Gasteiger partial charge in [-0.1, -0.05) is 6.07 Å². The highest BCUT2D eigenvalue weighted by Crippen LogP contribution is 2.33. The minimum atomic E-state index is -3.92. The van der Waals surface area contributed by atoms with Gasteiger partial charge in [0.1, 0.15) is 0 Å². The van der Waals surface area contributed by atoms with E-state index in [1.165, 1.54) is 32.4 Å². The van der Waals surface area contributed by atoms with E-state index in [1.807, 2.05) is 0 Å². The number of carbonyl (C=O) groups is 1. The third-order valence-electron chi connectivity index (χ3n) is 5.05. The monoisotopic (exact) mass is 484 g/mol. The molecule has 0 radical (unpaired) electrons. The minimum absolute atomic E-state index is 0.0249. The molecule has 0 saturated carbocycles. The molecule has 9 nitrogen and oxygen atoms in total. The summed E-state index contributed by atoms with van der Waals surface area (Å²) in [6.45, 7) is 0.955. The van der Waals surface area contributed by atoms with Crippen molar-refractivity contribution in [1.82, 2.24) is 0 Å². The SMILES string of the molecule is COc1ccc(NC(=O)c2cccc(NS(=O)(=O)c3ccc4c(c3)OCCCO4)c2)cc1OC. The first-order valence-electron chi connectivity index (χ1n) is 10.5. The lowest BCUT2D eigenvalue weighted by Gasteiger charge is -2.13. The van der Waals surface area contributed by atoms with Crippen LogP contribution in [0.3, 0.4) is 0 Å². The number of benzene rings is 3. The lowest BCUT2D eigenvalue weighted by molar-refractivity contribution is 0.102. The number of hydrogen-bond acceptors (Lipinski definition) is 7. The Morgan fingerprint density at radius 2 is 1.62 bits per heavy atom. The summed E-state index contributed by atoms with van der Waals surface area (Å²) in [5.41, 5.74) is 1.02. The molecular formula is C24H24N2O7S. The fourth-order valence-corrected chi connectivity index (χ4v) is 4.43. The molecule has 2 N–H and O–H groups in total. The van der Waals surface area contributed by atoms with Gasteiger partial charge >= 0.3 is 0 Å². The van der Waals surface area contributed by atoms with Gasteiger partial charge in [-0.25, -0.2) is 8.42 Å². The van der Waals surface area contributed by atoms with Gasteiger partial charge in [0.05, 0.1) is 32.3 Å². The molecule has 3 aromatic carbocycles. The molecule has 0 aromatic heterocycles. The summed E-state index contributed by atoms with van der Waals surface area (Å²) >= 11 is 0. The number of rotatable bonds is 7. The highest BCUT2D eigenvalue weighted by molar-refractivity contribution is 7.92. The first kappa shape index (κ1) is 23.2. The van der Waals surface area contributed by atoms with Gasteiger partial charge in [-0.2, -0.15) is 0 Å². The molecule has 0 saturated heterocycles. The van der Waals surface area contributed by atoms with Crippen molar-refractivity contribution in [2.45, 2.75) is 11.3 Å². The Hall–Kier alpha value is -3.92. The second-order valence-electron chi connectivity index (χ2n) is 7.37. The van der Waals surface area contributed by atoms with Crippen LogP contribution in [-0.2, 0) is 10.0 Å². The third-order valence-corrected chi connectivity index (χ3v) is 6.43. The molecule has 0 atom stereocenters. The average molecular weight is 485 g/mol. The molecule has 3 aromatic rings. The Morgan fingerprint density at radius 3 is 2.38 bits per heavy atom. The summed E-state index contributed by atoms with van der Waals surface area (Å²) in [4.78, 5) is 12.8. The molecule has 178 valence electrons. The van der Waals surface area contributed by atoms with Crippen LogP contribution in [0.15, 0.2) is 65.6 Å². The standard InChI is InChI=1S/C24H24N2O7S/c1-30-20-9-7-17(14-22(20)31-2)25-24(27)16-5-3-6-18(13-16)26-34(28,29)19-8-10-21-23(15-19)33-12-4-11-32-21/h3,5-10,13-15,26H,4,11-12H2,1-2H3,(H,25,27). The molecule has 1 aliphatic rings. The summed E-state index contributed by atoms with van der Waals surface area (Å²) in [6.07, 6.45) is 0.715. The lowest BCUT2D eigenvalue weighted by Crippen LogP contribution is -2.15. The summed E-state index contributed by atoms with van der Waals surface area (Å²) < 4.78 is 50.0. The maximum atomic E-state index is 12.9. The molecule has 10 heteroatoms. The number of anilines is 2. The van der Waals surface area contributed by atoms with E-state index in [4.69, 9.17) is 18.9 Å². The Morgan fingerprint density at radius 1 is 0.853 bits per heavy atom. The fourth-order valence-electron chi connectivity index (χ4n) is 3.37. The zero-order valence-electron chi connectivity index (χ0n) is 18.7. The third kappa shape index (κ3) is 5.18. The van der Waals surface area contributed by atoms with Crippen molar-refractivity contribution in [3.05, 3.63) is 66.2 Å². The zero-order valence-corrected chi connectivity index (χ0v) is 19.5. The number of sulfonamides is 1. The van der Waals surface area contributed by atoms with Gasteiger partial charge < -0.3 is 24.3 Å². The Labute approximate surface area is 197 Å². The van der Waals surface area contributed by atoms with Crippen molar-refractivity contribution >= 4 is 27.3 Å². The molecule has 0 fully saturated rings. The topological polar surface area (TPSA) is 112 Å². The van der Waals surface area contributed by atoms with E-state index in [-0.39, 0.29) is 16.1 Å². The van der Waals surface area contributed by atoms with Crippen LogP contribution < -0.4 is 29.0 Å². The van der Waals surface area contributed by atoms with Crippen LogP contribution in [-0.4, -0.2) is 41.8 Å². The maximum absolute atomic E-state index is 12.9. The van der Waals surface area contributed by atoms with Crippen LogP contribution in [0.5, 0.6) is 23.0 Å². The van der Waals surface area contributed by atoms with Gasteiger partial charge in [-0.15, -0.1) is 0 Å². The molecule has 0 aliphatic carbocycles. The first-order valence-corrected chi connectivity index (χ1v) is 11.9. The van der Waals surface area contributed by atoms with Gasteiger partial charge in [0.15, 0.2) is 23.0 Å². The molecule has 4 rings (SSSR count). The predicted molar refractivity (Wildman–Crippen MR) is 127 cm³/mol. The molecule has 0 spiro atoms. The van der Waals surface area contributed by atoms with Gasteiger partial charge in [0, 0.05) is 35.5 Å². The molecule has 0 unspecified atom stereocenters. The van der Waals surface area contributed by atoms with Crippen LogP contribution in [0.4, 0.5) is 11.4 Å². The predicted octanol–water partition coefficient (Wildman–Crippen LogP) is 3.92. The van der Waals surface area contributed by atoms with E-state index < -0.39 is 15.9 Å². The number of hydrogen-bond donors (Lipinski definition) is 2. The van der Waals surface area contributed by atoms with Crippen molar-refractivity contribution in [3.8, 4) is 23.0 Å². The molecular weight excluding hydrogens is 460 g/mol. The fraction of sp³-hybridized carbons (Fsp3) is 0.208. The van der Waals surface area contributed by atoms with Crippen LogP contribution >= 0.6 is 0 Å². The largest absolute Gasteiger partial charge is 0.493 e. The summed E-state index contributed by atoms with van der Waals surface area (Å²) in [5.74, 6) is 1.47. The number of fused-ring (bicyclic) bond motifs is 1. The Bertz CT molecular complexity index is 1310. The summed E-state index contributed by atoms with van der Waals surface area (Å²) in [5, 5.41) is 2.76. The molecule has 1 amide bonds. The van der Waals surface area contributed by atoms with Crippen molar-refractivity contribution in [1.29, 1.82) is 0 Å². The van der Waals surface area contributed by atoms with Crippen molar-refractivity contribution in [2.75, 3.05) is 37.5 Å². The van der Waals surface area contributed by atoms with Gasteiger partial charge in [-0.3, -0.25) is 9.52 Å². The number of ether oxygens (including phenoxy) is 4. The second kappa shape index (κ2) is 9.92. The first-order chi connectivity index (χ1) is 16.4. The number of carbonyl (C=O) groups excluding carboxylic acids is 1. The van der Waals surface area contributed by atoms with E-state index in [0.717, 1.165) is 0 Å². The van der Waals surface area contributed by atoms with E-state index in [9.17, 15) is 13.2 Å². The number of methoxy groups -OCH3 is 2. The van der Waals surface area contributed by atoms with Gasteiger partial charge in [0.25, 0.3) is 15.9 Å². The Kier molecular flexibility index (Phi) is 6.78. The van der Waals surface area contributed by atoms with Crippen molar-refractivity contribution < 1.29 is 32.2 Å². The van der Waals surface area contributed by atoms with Crippen LogP contribution in [0.2, 0.25) is 0 Å². The summed E-state index contributed by atoms with van der Waals surface area (Å²) in [6, 6.07) is 15.6. The number of amides is 1. The van der Waals surface area contributed by atoms with Crippen LogP contribution in [0.1, 0.15) is 16.8 Å². The van der Waals surface area contributed by atoms with Crippen molar-refractivity contribution in [2.24, 2.45) is 0 Å². The Balaban J connectivity index is 1.51. The smallest absolute Gasteiger partial charge is 0.262 e. The van der Waals surface area contributed by atoms with E-state index in [0.29, 0.717) is 48.3 Å². The number of nitrogens with one attached hydrogen (secondary N) is 2. The highest BCUT2D eigenvalue weighted by Gasteiger charge is 2.20. The van der Waals surface area contributed by atoms with Crippen molar-refractivity contribution in [3.63, 3.8) is 0 Å². The average Bonchev–Trinajstić information content (AvgIpc) is 3.09.